The van der Waals surface area contributed by atoms with Gasteiger partial charge in [0.05, 0.1) is 24.3 Å². The van der Waals surface area contributed by atoms with Crippen LogP contribution in [0.3, 0.4) is 0 Å². The quantitative estimate of drug-likeness (QED) is 0.779. The lowest BCUT2D eigenvalue weighted by Crippen LogP contribution is -2.26. The number of ether oxygens (including phenoxy) is 2. The molecule has 1 atom stereocenters. The highest BCUT2D eigenvalue weighted by molar-refractivity contribution is 6.32. The Labute approximate surface area is 164 Å². The van der Waals surface area contributed by atoms with Gasteiger partial charge in [0.15, 0.2) is 0 Å². The Balaban J connectivity index is 1.51. The summed E-state index contributed by atoms with van der Waals surface area (Å²) in [4.78, 5) is 16.3. The highest BCUT2D eigenvalue weighted by atomic mass is 35.5. The lowest BCUT2D eigenvalue weighted by molar-refractivity contribution is -0.137. The number of hydrogen-bond donors (Lipinski definition) is 1. The van der Waals surface area contributed by atoms with E-state index in [1.807, 2.05) is 0 Å². The second kappa shape index (κ2) is 8.79. The predicted molar refractivity (Wildman–Crippen MR) is 96.6 cm³/mol. The van der Waals surface area contributed by atoms with Crippen molar-refractivity contribution in [2.45, 2.75) is 25.1 Å². The molecule has 150 valence electrons. The van der Waals surface area contributed by atoms with E-state index in [0.717, 1.165) is 18.6 Å². The molecule has 1 N–H and O–H groups in total. The summed E-state index contributed by atoms with van der Waals surface area (Å²) >= 11 is 6.13. The Hall–Kier alpha value is -2.32. The average Bonchev–Trinajstić information content (AvgIpc) is 3.16. The number of hydrogen-bond acceptors (Lipinski definition) is 4. The van der Waals surface area contributed by atoms with E-state index in [-0.39, 0.29) is 35.0 Å². The van der Waals surface area contributed by atoms with Crippen LogP contribution in [-0.4, -0.2) is 36.8 Å². The number of halogens is 4. The molecule has 1 aliphatic rings. The van der Waals surface area contributed by atoms with Crippen LogP contribution in [0.25, 0.3) is 0 Å². The van der Waals surface area contributed by atoms with E-state index in [4.69, 9.17) is 21.1 Å². The molecule has 3 rings (SSSR count). The van der Waals surface area contributed by atoms with Crippen molar-refractivity contribution in [3.63, 3.8) is 0 Å². The van der Waals surface area contributed by atoms with Crippen LogP contribution in [-0.2, 0) is 17.3 Å². The minimum absolute atomic E-state index is 0.103. The average molecular weight is 415 g/mol. The maximum Gasteiger partial charge on any atom is 0.416 e. The number of rotatable bonds is 6. The Morgan fingerprint density at radius 2 is 2.07 bits per heavy atom. The second-order valence-electron chi connectivity index (χ2n) is 6.32. The van der Waals surface area contributed by atoms with Crippen LogP contribution >= 0.6 is 11.6 Å². The molecule has 0 radical (unpaired) electrons. The van der Waals surface area contributed by atoms with Crippen molar-refractivity contribution in [1.29, 1.82) is 0 Å². The fourth-order valence-electron chi connectivity index (χ4n) is 2.68. The van der Waals surface area contributed by atoms with Crippen LogP contribution in [0.5, 0.6) is 5.88 Å². The zero-order chi connectivity index (χ0) is 20.1. The van der Waals surface area contributed by atoms with E-state index in [0.29, 0.717) is 25.2 Å². The van der Waals surface area contributed by atoms with Gasteiger partial charge in [-0.15, -0.1) is 0 Å². The summed E-state index contributed by atoms with van der Waals surface area (Å²) in [7, 11) is 0. The molecule has 2 heterocycles. The molecule has 5 nitrogen and oxygen atoms in total. The van der Waals surface area contributed by atoms with E-state index in [9.17, 15) is 18.0 Å². The normalized spacial score (nSPS) is 16.8. The van der Waals surface area contributed by atoms with Crippen LogP contribution in [0.1, 0.15) is 27.9 Å². The van der Waals surface area contributed by atoms with Gasteiger partial charge in [-0.2, -0.15) is 13.2 Å². The van der Waals surface area contributed by atoms with Crippen LogP contribution < -0.4 is 10.1 Å². The molecule has 1 amide bonds. The highest BCUT2D eigenvalue weighted by Gasteiger charge is 2.29. The number of carbonyl (C=O) groups is 1. The Morgan fingerprint density at radius 1 is 1.32 bits per heavy atom. The molecule has 28 heavy (non-hydrogen) atoms. The highest BCUT2D eigenvalue weighted by Crippen LogP contribution is 2.29. The molecule has 0 saturated carbocycles. The summed E-state index contributed by atoms with van der Waals surface area (Å²) in [5.41, 5.74) is 0.256. The number of aromatic nitrogens is 1. The number of alkyl halides is 3. The molecule has 1 fully saturated rings. The number of benzene rings is 1. The standard InChI is InChI=1S/C19H18ClF3N2O3/c20-16-9-13(10-25-18(16)28-15-6-8-27-11-15)17(26)24-7-5-12-1-3-14(4-2-12)19(21,22)23/h1-4,9-10,15H,5-8,11H2,(H,24,26). The molecule has 1 aromatic heterocycles. The van der Waals surface area contributed by atoms with Gasteiger partial charge in [-0.05, 0) is 30.2 Å². The van der Waals surface area contributed by atoms with E-state index in [1.54, 1.807) is 0 Å². The number of carbonyl (C=O) groups excluding carboxylic acids is 1. The Morgan fingerprint density at radius 3 is 2.68 bits per heavy atom. The van der Waals surface area contributed by atoms with Crippen LogP contribution in [0.4, 0.5) is 13.2 Å². The molecule has 0 aliphatic carbocycles. The van der Waals surface area contributed by atoms with Crippen LogP contribution in [0, 0.1) is 0 Å². The molecule has 2 aromatic rings. The predicted octanol–water partition coefficient (Wildman–Crippen LogP) is 3.89. The molecule has 1 unspecified atom stereocenters. The van der Waals surface area contributed by atoms with Crippen molar-refractivity contribution < 1.29 is 27.4 Å². The molecule has 0 bridgehead atoms. The topological polar surface area (TPSA) is 60.5 Å². The van der Waals surface area contributed by atoms with Crippen LogP contribution in [0.15, 0.2) is 36.5 Å². The van der Waals surface area contributed by atoms with Crippen molar-refractivity contribution in [2.24, 2.45) is 0 Å². The third-order valence-electron chi connectivity index (χ3n) is 4.22. The first kappa shape index (κ1) is 20.4. The number of nitrogens with zero attached hydrogens (tertiary/aromatic N) is 1. The third-order valence-corrected chi connectivity index (χ3v) is 4.49. The van der Waals surface area contributed by atoms with E-state index in [1.165, 1.54) is 24.4 Å². The molecule has 0 spiro atoms. The Kier molecular flexibility index (Phi) is 6.41. The molecule has 1 aromatic carbocycles. The summed E-state index contributed by atoms with van der Waals surface area (Å²) in [6, 6.07) is 6.30. The summed E-state index contributed by atoms with van der Waals surface area (Å²) in [5.74, 6) is -0.129. The second-order valence-corrected chi connectivity index (χ2v) is 6.72. The monoisotopic (exact) mass is 414 g/mol. The van der Waals surface area contributed by atoms with Gasteiger partial charge in [0.25, 0.3) is 5.91 Å². The molecular formula is C19H18ClF3N2O3. The van der Waals surface area contributed by atoms with Gasteiger partial charge < -0.3 is 14.8 Å². The van der Waals surface area contributed by atoms with Gasteiger partial charge in [0.2, 0.25) is 5.88 Å². The van der Waals surface area contributed by atoms with Crippen molar-refractivity contribution in [3.8, 4) is 5.88 Å². The molecule has 1 aliphatic heterocycles. The zero-order valence-electron chi connectivity index (χ0n) is 14.8. The Bertz CT molecular complexity index is 822. The largest absolute Gasteiger partial charge is 0.471 e. The summed E-state index contributed by atoms with van der Waals surface area (Å²) in [6.07, 6.45) is -1.95. The summed E-state index contributed by atoms with van der Waals surface area (Å²) in [5, 5.41) is 2.92. The third kappa shape index (κ3) is 5.36. The van der Waals surface area contributed by atoms with Crippen molar-refractivity contribution >= 4 is 17.5 Å². The van der Waals surface area contributed by atoms with Gasteiger partial charge in [-0.1, -0.05) is 23.7 Å². The first-order valence-electron chi connectivity index (χ1n) is 8.67. The van der Waals surface area contributed by atoms with E-state index < -0.39 is 11.7 Å². The molecule has 9 heteroatoms. The van der Waals surface area contributed by atoms with E-state index in [2.05, 4.69) is 10.3 Å². The SMILES string of the molecule is O=C(NCCc1ccc(C(F)(F)F)cc1)c1cnc(OC2CCOC2)c(Cl)c1. The lowest BCUT2D eigenvalue weighted by atomic mass is 10.1. The minimum atomic E-state index is -4.36. The molecule has 1 saturated heterocycles. The van der Waals surface area contributed by atoms with Gasteiger partial charge >= 0.3 is 6.18 Å². The van der Waals surface area contributed by atoms with E-state index >= 15 is 0 Å². The number of nitrogens with one attached hydrogen (secondary N) is 1. The first-order chi connectivity index (χ1) is 13.3. The number of amides is 1. The van der Waals surface area contributed by atoms with Crippen molar-refractivity contribution in [3.05, 3.63) is 58.2 Å². The maximum absolute atomic E-state index is 12.6. The van der Waals surface area contributed by atoms with Crippen LogP contribution in [0.2, 0.25) is 5.02 Å². The van der Waals surface area contributed by atoms with Gasteiger partial charge in [-0.3, -0.25) is 4.79 Å². The van der Waals surface area contributed by atoms with Gasteiger partial charge in [0.1, 0.15) is 11.1 Å². The summed E-state index contributed by atoms with van der Waals surface area (Å²) in [6.45, 7) is 1.37. The maximum atomic E-state index is 12.6. The van der Waals surface area contributed by atoms with Gasteiger partial charge in [-0.25, -0.2) is 4.98 Å². The minimum Gasteiger partial charge on any atom is -0.471 e. The van der Waals surface area contributed by atoms with Crippen molar-refractivity contribution in [1.82, 2.24) is 10.3 Å². The number of pyridine rings is 1. The fraction of sp³-hybridized carbons (Fsp3) is 0.368. The fourth-order valence-corrected chi connectivity index (χ4v) is 2.89. The molecular weight excluding hydrogens is 397 g/mol. The van der Waals surface area contributed by atoms with Gasteiger partial charge in [0, 0.05) is 19.2 Å². The summed E-state index contributed by atoms with van der Waals surface area (Å²) < 4.78 is 48.5. The van der Waals surface area contributed by atoms with Crippen molar-refractivity contribution in [2.75, 3.05) is 19.8 Å². The first-order valence-corrected chi connectivity index (χ1v) is 9.05. The zero-order valence-corrected chi connectivity index (χ0v) is 15.5. The smallest absolute Gasteiger partial charge is 0.416 e. The lowest BCUT2D eigenvalue weighted by Gasteiger charge is -2.12.